The summed E-state index contributed by atoms with van der Waals surface area (Å²) in [6.07, 6.45) is 3.68. The van der Waals surface area contributed by atoms with Crippen molar-refractivity contribution < 1.29 is 9.59 Å². The molecule has 2 aromatic rings. The number of aryl methyl sites for hydroxylation is 1. The summed E-state index contributed by atoms with van der Waals surface area (Å²) in [5.41, 5.74) is 1.63. The number of hydrogen-bond acceptors (Lipinski definition) is 6. The van der Waals surface area contributed by atoms with Crippen LogP contribution >= 0.6 is 0 Å². The molecule has 2 saturated heterocycles. The van der Waals surface area contributed by atoms with Gasteiger partial charge in [0.05, 0.1) is 17.1 Å². The van der Waals surface area contributed by atoms with Crippen LogP contribution < -0.4 is 16.0 Å². The van der Waals surface area contributed by atoms with E-state index in [1.165, 1.54) is 0 Å². The Morgan fingerprint density at radius 2 is 2.15 bits per heavy atom. The lowest BCUT2D eigenvalue weighted by molar-refractivity contribution is -0.134. The Morgan fingerprint density at radius 3 is 2.92 bits per heavy atom. The SMILES string of the molecule is C[C@@H]1CNCC[C@H]1Nc1cc2c(cn1)c(C1CCC(=O)NC1=O)nn2C. The molecule has 0 bridgehead atoms. The Bertz CT molecular complexity index is 861. The number of imide groups is 1. The molecule has 4 heterocycles. The van der Waals surface area contributed by atoms with Crippen LogP contribution in [0.2, 0.25) is 0 Å². The lowest BCUT2D eigenvalue weighted by Gasteiger charge is -2.30. The van der Waals surface area contributed by atoms with E-state index in [-0.39, 0.29) is 11.8 Å². The van der Waals surface area contributed by atoms with Crippen molar-refractivity contribution in [3.63, 3.8) is 0 Å². The van der Waals surface area contributed by atoms with Crippen LogP contribution in [0.5, 0.6) is 0 Å². The van der Waals surface area contributed by atoms with Gasteiger partial charge in [-0.05, 0) is 31.8 Å². The Morgan fingerprint density at radius 1 is 1.31 bits per heavy atom. The Labute approximate surface area is 151 Å². The van der Waals surface area contributed by atoms with Gasteiger partial charge < -0.3 is 10.6 Å². The molecule has 2 fully saturated rings. The molecule has 2 aliphatic rings. The summed E-state index contributed by atoms with van der Waals surface area (Å²) in [6.45, 7) is 4.24. The number of piperidine rings is 2. The number of carbonyl (C=O) groups excluding carboxylic acids is 2. The van der Waals surface area contributed by atoms with Crippen LogP contribution in [0.25, 0.3) is 10.9 Å². The first-order chi connectivity index (χ1) is 12.5. The van der Waals surface area contributed by atoms with Crippen LogP contribution in [-0.2, 0) is 16.6 Å². The minimum absolute atomic E-state index is 0.216. The van der Waals surface area contributed by atoms with E-state index in [2.05, 4.69) is 33.0 Å². The molecular formula is C18H24N6O2. The van der Waals surface area contributed by atoms with Gasteiger partial charge in [-0.25, -0.2) is 4.98 Å². The molecule has 2 aromatic heterocycles. The Kier molecular flexibility index (Phi) is 4.36. The highest BCUT2D eigenvalue weighted by molar-refractivity contribution is 6.02. The fraction of sp³-hybridized carbons (Fsp3) is 0.556. The second-order valence-electron chi connectivity index (χ2n) is 7.32. The molecule has 3 atom stereocenters. The second kappa shape index (κ2) is 6.68. The first kappa shape index (κ1) is 17.0. The van der Waals surface area contributed by atoms with Crippen molar-refractivity contribution in [2.45, 2.75) is 38.1 Å². The minimum atomic E-state index is -0.401. The molecule has 0 saturated carbocycles. The molecule has 0 aliphatic carbocycles. The van der Waals surface area contributed by atoms with Gasteiger partial charge in [0.15, 0.2) is 0 Å². The third kappa shape index (κ3) is 3.05. The number of amides is 2. The average Bonchev–Trinajstić information content (AvgIpc) is 2.93. The molecule has 0 spiro atoms. The van der Waals surface area contributed by atoms with Gasteiger partial charge in [-0.2, -0.15) is 5.10 Å². The molecule has 8 nitrogen and oxygen atoms in total. The van der Waals surface area contributed by atoms with Gasteiger partial charge in [0, 0.05) is 37.2 Å². The zero-order chi connectivity index (χ0) is 18.3. The van der Waals surface area contributed by atoms with Gasteiger partial charge in [0.25, 0.3) is 0 Å². The largest absolute Gasteiger partial charge is 0.367 e. The fourth-order valence-corrected chi connectivity index (χ4v) is 3.89. The third-order valence-corrected chi connectivity index (χ3v) is 5.45. The van der Waals surface area contributed by atoms with Crippen molar-refractivity contribution in [3.05, 3.63) is 18.0 Å². The van der Waals surface area contributed by atoms with E-state index in [1.807, 2.05) is 13.1 Å². The van der Waals surface area contributed by atoms with E-state index in [1.54, 1.807) is 10.9 Å². The number of carbonyl (C=O) groups is 2. The van der Waals surface area contributed by atoms with Crippen LogP contribution in [0.3, 0.4) is 0 Å². The van der Waals surface area contributed by atoms with Crippen molar-refractivity contribution in [1.29, 1.82) is 0 Å². The Hall–Kier alpha value is -2.48. The summed E-state index contributed by atoms with van der Waals surface area (Å²) in [7, 11) is 1.87. The van der Waals surface area contributed by atoms with Crippen LogP contribution in [0, 0.1) is 5.92 Å². The number of aromatic nitrogens is 3. The molecule has 1 unspecified atom stereocenters. The van der Waals surface area contributed by atoms with Crippen molar-refractivity contribution in [2.75, 3.05) is 18.4 Å². The number of anilines is 1. The topological polar surface area (TPSA) is 101 Å². The predicted molar refractivity (Wildman–Crippen MR) is 97.7 cm³/mol. The van der Waals surface area contributed by atoms with Crippen molar-refractivity contribution in [1.82, 2.24) is 25.4 Å². The van der Waals surface area contributed by atoms with Crippen molar-refractivity contribution >= 4 is 28.5 Å². The van der Waals surface area contributed by atoms with Crippen LogP contribution in [0.4, 0.5) is 5.82 Å². The number of rotatable bonds is 3. The average molecular weight is 356 g/mol. The zero-order valence-corrected chi connectivity index (χ0v) is 15.1. The van der Waals surface area contributed by atoms with E-state index in [0.29, 0.717) is 30.5 Å². The highest BCUT2D eigenvalue weighted by Gasteiger charge is 2.32. The van der Waals surface area contributed by atoms with Crippen LogP contribution in [0.1, 0.15) is 37.8 Å². The predicted octanol–water partition coefficient (Wildman–Crippen LogP) is 0.898. The maximum Gasteiger partial charge on any atom is 0.235 e. The highest BCUT2D eigenvalue weighted by Crippen LogP contribution is 2.31. The molecule has 26 heavy (non-hydrogen) atoms. The highest BCUT2D eigenvalue weighted by atomic mass is 16.2. The number of pyridine rings is 1. The summed E-state index contributed by atoms with van der Waals surface area (Å²) in [6, 6.07) is 2.39. The van der Waals surface area contributed by atoms with Gasteiger partial charge in [0.2, 0.25) is 11.8 Å². The molecule has 2 amide bonds. The van der Waals surface area contributed by atoms with Gasteiger partial charge >= 0.3 is 0 Å². The molecule has 8 heteroatoms. The van der Waals surface area contributed by atoms with E-state index in [0.717, 1.165) is 36.2 Å². The monoisotopic (exact) mass is 356 g/mol. The molecule has 4 rings (SSSR count). The number of nitrogens with zero attached hydrogens (tertiary/aromatic N) is 3. The van der Waals surface area contributed by atoms with Crippen LogP contribution in [-0.4, -0.2) is 45.7 Å². The smallest absolute Gasteiger partial charge is 0.235 e. The van der Waals surface area contributed by atoms with E-state index < -0.39 is 5.92 Å². The van der Waals surface area contributed by atoms with Gasteiger partial charge in [-0.1, -0.05) is 6.92 Å². The molecular weight excluding hydrogens is 332 g/mol. The maximum atomic E-state index is 12.2. The normalized spacial score (nSPS) is 26.8. The number of hydrogen-bond donors (Lipinski definition) is 3. The molecule has 2 aliphatic heterocycles. The second-order valence-corrected chi connectivity index (χ2v) is 7.32. The van der Waals surface area contributed by atoms with E-state index in [4.69, 9.17) is 0 Å². The molecule has 0 radical (unpaired) electrons. The number of fused-ring (bicyclic) bond motifs is 1. The quantitative estimate of drug-likeness (QED) is 0.707. The maximum absolute atomic E-state index is 12.2. The van der Waals surface area contributed by atoms with Crippen molar-refractivity contribution in [2.24, 2.45) is 13.0 Å². The summed E-state index contributed by atoms with van der Waals surface area (Å²) >= 11 is 0. The third-order valence-electron chi connectivity index (χ3n) is 5.45. The summed E-state index contributed by atoms with van der Waals surface area (Å²) < 4.78 is 1.78. The van der Waals surface area contributed by atoms with Gasteiger partial charge in [-0.3, -0.25) is 19.6 Å². The summed E-state index contributed by atoms with van der Waals surface area (Å²) in [5, 5.41) is 14.8. The molecule has 0 aromatic carbocycles. The van der Waals surface area contributed by atoms with E-state index >= 15 is 0 Å². The number of nitrogens with one attached hydrogen (secondary N) is 3. The first-order valence-corrected chi connectivity index (χ1v) is 9.16. The lowest BCUT2D eigenvalue weighted by Crippen LogP contribution is -2.42. The van der Waals surface area contributed by atoms with Gasteiger partial charge in [0.1, 0.15) is 5.82 Å². The standard InChI is InChI=1S/C18H24N6O2/c1-10-8-19-6-5-13(10)21-15-7-14-12(9-20-15)17(23-24(14)2)11-3-4-16(25)22-18(11)26/h7,9-11,13,19H,3-6,8H2,1-2H3,(H,20,21)(H,22,25,26)/t10-,11?,13-/m1/s1. The summed E-state index contributed by atoms with van der Waals surface area (Å²) in [5.74, 6) is 0.474. The van der Waals surface area contributed by atoms with Crippen LogP contribution in [0.15, 0.2) is 12.3 Å². The Balaban J connectivity index is 1.62. The minimum Gasteiger partial charge on any atom is -0.367 e. The van der Waals surface area contributed by atoms with Gasteiger partial charge in [-0.15, -0.1) is 0 Å². The van der Waals surface area contributed by atoms with Crippen molar-refractivity contribution in [3.8, 4) is 0 Å². The van der Waals surface area contributed by atoms with E-state index in [9.17, 15) is 9.59 Å². The molecule has 138 valence electrons. The molecule has 3 N–H and O–H groups in total. The summed E-state index contributed by atoms with van der Waals surface area (Å²) in [4.78, 5) is 28.2. The fourth-order valence-electron chi connectivity index (χ4n) is 3.89. The first-order valence-electron chi connectivity index (χ1n) is 9.16. The lowest BCUT2D eigenvalue weighted by atomic mass is 9.93. The zero-order valence-electron chi connectivity index (χ0n) is 15.1.